The second kappa shape index (κ2) is 3.90. The van der Waals surface area contributed by atoms with Crippen LogP contribution in [0.4, 0.5) is 0 Å². The van der Waals surface area contributed by atoms with Crippen molar-refractivity contribution in [2.24, 2.45) is 7.05 Å². The highest BCUT2D eigenvalue weighted by Crippen LogP contribution is 2.24. The first-order valence-electron chi connectivity index (χ1n) is 4.75. The molecule has 0 aromatic carbocycles. The second-order valence-electron chi connectivity index (χ2n) is 3.57. The monoisotopic (exact) mass is 282 g/mol. The number of halogens is 1. The van der Waals surface area contributed by atoms with E-state index in [0.29, 0.717) is 10.2 Å². The van der Waals surface area contributed by atoms with Crippen LogP contribution < -0.4 is 0 Å². The molecule has 0 saturated heterocycles. The van der Waals surface area contributed by atoms with E-state index in [-0.39, 0.29) is 0 Å². The summed E-state index contributed by atoms with van der Waals surface area (Å²) in [6.45, 7) is 1.99. The van der Waals surface area contributed by atoms with Crippen LogP contribution in [0.15, 0.2) is 16.6 Å². The molecule has 2 rings (SSSR count). The van der Waals surface area contributed by atoms with Crippen molar-refractivity contribution in [3.63, 3.8) is 0 Å². The number of hydrogen-bond donors (Lipinski definition) is 0. The lowest BCUT2D eigenvalue weighted by molar-refractivity contribution is 0.0593. The molecule has 0 aliphatic heterocycles. The van der Waals surface area contributed by atoms with Crippen LogP contribution in [-0.2, 0) is 11.8 Å². The largest absolute Gasteiger partial charge is 0.464 e. The molecule has 0 bridgehead atoms. The molecule has 0 atom stereocenters. The summed E-state index contributed by atoms with van der Waals surface area (Å²) in [6.07, 6.45) is 0. The standard InChI is InChI=1S/C11H11BrN2O2/c1-6-4-7-5-8(12)9(11(15)16-3)13-10(7)14(6)2/h4-5H,1-3H3. The summed E-state index contributed by atoms with van der Waals surface area (Å²) >= 11 is 3.32. The van der Waals surface area contributed by atoms with Crippen LogP contribution in [0, 0.1) is 6.92 Å². The molecule has 16 heavy (non-hydrogen) atoms. The van der Waals surface area contributed by atoms with Gasteiger partial charge in [0.05, 0.1) is 11.6 Å². The Labute approximate surface area is 101 Å². The second-order valence-corrected chi connectivity index (χ2v) is 4.42. The Hall–Kier alpha value is -1.36. The van der Waals surface area contributed by atoms with E-state index in [1.807, 2.05) is 30.7 Å². The normalized spacial score (nSPS) is 10.8. The van der Waals surface area contributed by atoms with Crippen LogP contribution >= 0.6 is 15.9 Å². The number of aromatic nitrogens is 2. The van der Waals surface area contributed by atoms with Gasteiger partial charge in [-0.25, -0.2) is 9.78 Å². The molecule has 0 aliphatic carbocycles. The predicted molar refractivity (Wildman–Crippen MR) is 64.5 cm³/mol. The molecular weight excluding hydrogens is 272 g/mol. The third kappa shape index (κ3) is 1.61. The zero-order chi connectivity index (χ0) is 11.9. The van der Waals surface area contributed by atoms with Crippen LogP contribution in [0.2, 0.25) is 0 Å². The van der Waals surface area contributed by atoms with Crippen LogP contribution in [-0.4, -0.2) is 22.6 Å². The summed E-state index contributed by atoms with van der Waals surface area (Å²) in [4.78, 5) is 15.8. The van der Waals surface area contributed by atoms with Crippen molar-refractivity contribution < 1.29 is 9.53 Å². The minimum atomic E-state index is -0.437. The van der Waals surface area contributed by atoms with Gasteiger partial charge in [0.25, 0.3) is 0 Å². The number of nitrogens with zero attached hydrogens (tertiary/aromatic N) is 2. The SMILES string of the molecule is COC(=O)c1nc2c(cc1Br)cc(C)n2C. The highest BCUT2D eigenvalue weighted by molar-refractivity contribution is 9.10. The molecule has 5 heteroatoms. The van der Waals surface area contributed by atoms with Crippen LogP contribution in [0.1, 0.15) is 16.2 Å². The highest BCUT2D eigenvalue weighted by atomic mass is 79.9. The molecule has 0 spiro atoms. The first-order chi connectivity index (χ1) is 7.54. The predicted octanol–water partition coefficient (Wildman–Crippen LogP) is 2.43. The van der Waals surface area contributed by atoms with E-state index >= 15 is 0 Å². The van der Waals surface area contributed by atoms with Crippen molar-refractivity contribution in [3.05, 3.63) is 28.0 Å². The van der Waals surface area contributed by atoms with Gasteiger partial charge in [0, 0.05) is 18.1 Å². The number of ether oxygens (including phenoxy) is 1. The average Bonchev–Trinajstić information content (AvgIpc) is 2.52. The number of rotatable bonds is 1. The van der Waals surface area contributed by atoms with Gasteiger partial charge in [-0.1, -0.05) is 0 Å². The Kier molecular flexibility index (Phi) is 2.71. The van der Waals surface area contributed by atoms with E-state index in [1.54, 1.807) is 0 Å². The Balaban J connectivity index is 2.73. The summed E-state index contributed by atoms with van der Waals surface area (Å²) in [5, 5.41) is 1.000. The van der Waals surface area contributed by atoms with Crippen molar-refractivity contribution in [2.75, 3.05) is 7.11 Å². The highest BCUT2D eigenvalue weighted by Gasteiger charge is 2.15. The molecule has 0 fully saturated rings. The number of aryl methyl sites for hydroxylation is 2. The van der Waals surface area contributed by atoms with Gasteiger partial charge in [-0.05, 0) is 35.0 Å². The topological polar surface area (TPSA) is 44.1 Å². The lowest BCUT2D eigenvalue weighted by Gasteiger charge is -2.03. The van der Waals surface area contributed by atoms with E-state index in [4.69, 9.17) is 0 Å². The molecule has 2 heterocycles. The Bertz CT molecular complexity index is 575. The minimum Gasteiger partial charge on any atom is -0.464 e. The van der Waals surface area contributed by atoms with Gasteiger partial charge in [-0.2, -0.15) is 0 Å². The summed E-state index contributed by atoms with van der Waals surface area (Å²) in [5.74, 6) is -0.437. The molecular formula is C11H11BrN2O2. The molecule has 2 aromatic rings. The van der Waals surface area contributed by atoms with E-state index in [1.165, 1.54) is 7.11 Å². The molecule has 0 amide bonds. The molecule has 0 aliphatic rings. The third-order valence-electron chi connectivity index (χ3n) is 2.57. The van der Waals surface area contributed by atoms with Crippen molar-refractivity contribution in [1.29, 1.82) is 0 Å². The maximum atomic E-state index is 11.5. The Morgan fingerprint density at radius 1 is 1.50 bits per heavy atom. The average molecular weight is 283 g/mol. The summed E-state index contributed by atoms with van der Waals surface area (Å²) < 4.78 is 7.26. The summed E-state index contributed by atoms with van der Waals surface area (Å²) in [5.41, 5.74) is 2.17. The van der Waals surface area contributed by atoms with Crippen molar-refractivity contribution in [1.82, 2.24) is 9.55 Å². The number of esters is 1. The molecule has 4 nitrogen and oxygen atoms in total. The van der Waals surface area contributed by atoms with Crippen LogP contribution in [0.25, 0.3) is 11.0 Å². The van der Waals surface area contributed by atoms with Gasteiger partial charge in [-0.15, -0.1) is 0 Å². The van der Waals surface area contributed by atoms with Crippen molar-refractivity contribution >= 4 is 32.9 Å². The minimum absolute atomic E-state index is 0.302. The van der Waals surface area contributed by atoms with Gasteiger partial charge < -0.3 is 9.30 Å². The van der Waals surface area contributed by atoms with Crippen LogP contribution in [0.5, 0.6) is 0 Å². The molecule has 0 unspecified atom stereocenters. The maximum absolute atomic E-state index is 11.5. The van der Waals surface area contributed by atoms with E-state index in [9.17, 15) is 4.79 Å². The molecule has 84 valence electrons. The van der Waals surface area contributed by atoms with Gasteiger partial charge in [0.1, 0.15) is 5.65 Å². The van der Waals surface area contributed by atoms with Crippen LogP contribution in [0.3, 0.4) is 0 Å². The molecule has 2 aromatic heterocycles. The smallest absolute Gasteiger partial charge is 0.357 e. The fraction of sp³-hybridized carbons (Fsp3) is 0.273. The quantitative estimate of drug-likeness (QED) is 0.755. The first kappa shape index (κ1) is 11.1. The molecule has 0 N–H and O–H groups in total. The molecule has 0 radical (unpaired) electrons. The fourth-order valence-corrected chi connectivity index (χ4v) is 2.09. The zero-order valence-corrected chi connectivity index (χ0v) is 10.8. The first-order valence-corrected chi connectivity index (χ1v) is 5.54. The number of carbonyl (C=O) groups excluding carboxylic acids is 1. The zero-order valence-electron chi connectivity index (χ0n) is 9.24. The van der Waals surface area contributed by atoms with Gasteiger partial charge in [-0.3, -0.25) is 0 Å². The van der Waals surface area contributed by atoms with E-state index in [0.717, 1.165) is 16.7 Å². The third-order valence-corrected chi connectivity index (χ3v) is 3.18. The number of hydrogen-bond acceptors (Lipinski definition) is 3. The maximum Gasteiger partial charge on any atom is 0.357 e. The molecule has 0 saturated carbocycles. The lowest BCUT2D eigenvalue weighted by Crippen LogP contribution is -2.06. The number of methoxy groups -OCH3 is 1. The Morgan fingerprint density at radius 2 is 2.19 bits per heavy atom. The van der Waals surface area contributed by atoms with E-state index < -0.39 is 5.97 Å². The lowest BCUT2D eigenvalue weighted by atomic mass is 10.3. The number of pyridine rings is 1. The van der Waals surface area contributed by atoms with Gasteiger partial charge in [0.15, 0.2) is 5.69 Å². The van der Waals surface area contributed by atoms with E-state index in [2.05, 4.69) is 25.7 Å². The van der Waals surface area contributed by atoms with Gasteiger partial charge in [0.2, 0.25) is 0 Å². The van der Waals surface area contributed by atoms with Crippen molar-refractivity contribution in [2.45, 2.75) is 6.92 Å². The number of fused-ring (bicyclic) bond motifs is 1. The summed E-state index contributed by atoms with van der Waals surface area (Å²) in [7, 11) is 3.26. The van der Waals surface area contributed by atoms with Gasteiger partial charge >= 0.3 is 5.97 Å². The fourth-order valence-electron chi connectivity index (χ4n) is 1.60. The summed E-state index contributed by atoms with van der Waals surface area (Å²) in [6, 6.07) is 3.90. The van der Waals surface area contributed by atoms with Crippen molar-refractivity contribution in [3.8, 4) is 0 Å². The Morgan fingerprint density at radius 3 is 2.81 bits per heavy atom. The number of carbonyl (C=O) groups is 1.